The Hall–Kier alpha value is -0.610. The molecule has 0 aromatic rings. The first-order valence-corrected chi connectivity index (χ1v) is 5.33. The predicted molar refractivity (Wildman–Crippen MR) is 54.7 cm³/mol. The molecule has 0 spiro atoms. The fourth-order valence-electron chi connectivity index (χ4n) is 1.79. The molecular weight excluding hydrogens is 180 g/mol. The summed E-state index contributed by atoms with van der Waals surface area (Å²) in [6.07, 6.45) is 4.75. The average Bonchev–Trinajstić information content (AvgIpc) is 2.45. The average molecular weight is 200 g/mol. The standard InChI is InChI=1S/C10H20N2O2/c1-9(11-14-2)10(13)12-7-5-3-4-6-8-12/h9,11H,3-8H2,1-2H3. The van der Waals surface area contributed by atoms with Gasteiger partial charge in [0.15, 0.2) is 0 Å². The molecule has 1 saturated heterocycles. The molecule has 0 radical (unpaired) electrons. The molecule has 1 aliphatic rings. The minimum absolute atomic E-state index is 0.147. The molecule has 0 aromatic heterocycles. The first-order valence-electron chi connectivity index (χ1n) is 5.33. The number of hydroxylamine groups is 1. The van der Waals surface area contributed by atoms with Gasteiger partial charge in [-0.05, 0) is 19.8 Å². The number of hydrogen-bond donors (Lipinski definition) is 1. The molecule has 1 fully saturated rings. The van der Waals surface area contributed by atoms with E-state index >= 15 is 0 Å². The van der Waals surface area contributed by atoms with Gasteiger partial charge in [0.2, 0.25) is 5.91 Å². The van der Waals surface area contributed by atoms with E-state index in [1.165, 1.54) is 20.0 Å². The van der Waals surface area contributed by atoms with Crippen molar-refractivity contribution in [3.63, 3.8) is 0 Å². The summed E-state index contributed by atoms with van der Waals surface area (Å²) in [5.74, 6) is 0.147. The Morgan fingerprint density at radius 2 is 1.86 bits per heavy atom. The number of nitrogens with zero attached hydrogens (tertiary/aromatic N) is 1. The highest BCUT2D eigenvalue weighted by Crippen LogP contribution is 2.10. The zero-order chi connectivity index (χ0) is 10.4. The minimum Gasteiger partial charge on any atom is -0.341 e. The Labute approximate surface area is 85.6 Å². The van der Waals surface area contributed by atoms with Gasteiger partial charge in [-0.3, -0.25) is 4.79 Å². The first kappa shape index (κ1) is 11.5. The summed E-state index contributed by atoms with van der Waals surface area (Å²) >= 11 is 0. The minimum atomic E-state index is -0.238. The van der Waals surface area contributed by atoms with Crippen LogP contribution in [0.5, 0.6) is 0 Å². The summed E-state index contributed by atoms with van der Waals surface area (Å²) in [6, 6.07) is -0.238. The quantitative estimate of drug-likeness (QED) is 0.689. The fraction of sp³-hybridized carbons (Fsp3) is 0.900. The number of rotatable bonds is 3. The summed E-state index contributed by atoms with van der Waals surface area (Å²) < 4.78 is 0. The van der Waals surface area contributed by atoms with E-state index in [4.69, 9.17) is 4.84 Å². The van der Waals surface area contributed by atoms with Crippen LogP contribution in [0.25, 0.3) is 0 Å². The third-order valence-corrected chi connectivity index (χ3v) is 2.58. The van der Waals surface area contributed by atoms with Gasteiger partial charge >= 0.3 is 0 Å². The van der Waals surface area contributed by atoms with E-state index in [0.717, 1.165) is 25.9 Å². The molecule has 0 aliphatic carbocycles. The molecule has 14 heavy (non-hydrogen) atoms. The lowest BCUT2D eigenvalue weighted by Gasteiger charge is -2.23. The van der Waals surface area contributed by atoms with E-state index in [9.17, 15) is 4.79 Å². The normalized spacial score (nSPS) is 20.3. The van der Waals surface area contributed by atoms with Crippen LogP contribution in [0.4, 0.5) is 0 Å². The molecule has 82 valence electrons. The van der Waals surface area contributed by atoms with Gasteiger partial charge in [0.25, 0.3) is 0 Å². The van der Waals surface area contributed by atoms with Crippen LogP contribution in [0.2, 0.25) is 0 Å². The van der Waals surface area contributed by atoms with Crippen LogP contribution in [-0.2, 0) is 9.63 Å². The highest BCUT2D eigenvalue weighted by molar-refractivity contribution is 5.81. The maximum absolute atomic E-state index is 11.8. The second-order valence-corrected chi connectivity index (χ2v) is 3.78. The van der Waals surface area contributed by atoms with Crippen molar-refractivity contribution in [1.29, 1.82) is 0 Å². The highest BCUT2D eigenvalue weighted by Gasteiger charge is 2.20. The number of nitrogens with one attached hydrogen (secondary N) is 1. The van der Waals surface area contributed by atoms with Crippen molar-refractivity contribution >= 4 is 5.91 Å². The van der Waals surface area contributed by atoms with Crippen LogP contribution in [0.3, 0.4) is 0 Å². The molecule has 0 bridgehead atoms. The Morgan fingerprint density at radius 3 is 2.36 bits per heavy atom. The van der Waals surface area contributed by atoms with Crippen LogP contribution in [0.15, 0.2) is 0 Å². The molecule has 4 heteroatoms. The SMILES string of the molecule is CONC(C)C(=O)N1CCCCCC1. The molecule has 1 aliphatic heterocycles. The summed E-state index contributed by atoms with van der Waals surface area (Å²) in [6.45, 7) is 3.62. The lowest BCUT2D eigenvalue weighted by molar-refractivity contribution is -0.136. The molecular formula is C10H20N2O2. The number of carbonyl (C=O) groups excluding carboxylic acids is 1. The lowest BCUT2D eigenvalue weighted by Crippen LogP contribution is -2.44. The summed E-state index contributed by atoms with van der Waals surface area (Å²) in [5, 5.41) is 0. The molecule has 1 rings (SSSR count). The summed E-state index contributed by atoms with van der Waals surface area (Å²) in [7, 11) is 1.53. The molecule has 4 nitrogen and oxygen atoms in total. The Morgan fingerprint density at radius 1 is 1.29 bits per heavy atom. The largest absolute Gasteiger partial charge is 0.341 e. The molecule has 1 amide bonds. The molecule has 1 atom stereocenters. The topological polar surface area (TPSA) is 41.6 Å². The first-order chi connectivity index (χ1) is 6.75. The molecule has 1 unspecified atom stereocenters. The highest BCUT2D eigenvalue weighted by atomic mass is 16.6. The van der Waals surface area contributed by atoms with Crippen molar-refractivity contribution in [3.8, 4) is 0 Å². The van der Waals surface area contributed by atoms with Crippen molar-refractivity contribution in [3.05, 3.63) is 0 Å². The number of hydrogen-bond acceptors (Lipinski definition) is 3. The van der Waals surface area contributed by atoms with Crippen molar-refractivity contribution in [2.75, 3.05) is 20.2 Å². The number of carbonyl (C=O) groups is 1. The maximum atomic E-state index is 11.8. The van der Waals surface area contributed by atoms with Gasteiger partial charge in [-0.2, -0.15) is 5.48 Å². The van der Waals surface area contributed by atoms with Crippen molar-refractivity contribution < 1.29 is 9.63 Å². The molecule has 1 heterocycles. The predicted octanol–water partition coefficient (Wildman–Crippen LogP) is 0.928. The van der Waals surface area contributed by atoms with E-state index in [-0.39, 0.29) is 11.9 Å². The van der Waals surface area contributed by atoms with E-state index in [1.54, 1.807) is 0 Å². The van der Waals surface area contributed by atoms with Gasteiger partial charge in [-0.25, -0.2) is 0 Å². The second-order valence-electron chi connectivity index (χ2n) is 3.78. The van der Waals surface area contributed by atoms with E-state index < -0.39 is 0 Å². The zero-order valence-electron chi connectivity index (χ0n) is 9.08. The van der Waals surface area contributed by atoms with Gasteiger partial charge in [0, 0.05) is 13.1 Å². The van der Waals surface area contributed by atoms with Gasteiger partial charge < -0.3 is 9.74 Å². The van der Waals surface area contributed by atoms with Crippen LogP contribution in [0, 0.1) is 0 Å². The molecule has 0 aromatic carbocycles. The van der Waals surface area contributed by atoms with Gasteiger partial charge in [0.1, 0.15) is 6.04 Å². The third-order valence-electron chi connectivity index (χ3n) is 2.58. The van der Waals surface area contributed by atoms with Gasteiger partial charge in [-0.1, -0.05) is 12.8 Å². The Kier molecular flexibility index (Phi) is 4.90. The van der Waals surface area contributed by atoms with Crippen LogP contribution in [0.1, 0.15) is 32.6 Å². The van der Waals surface area contributed by atoms with E-state index in [1.807, 2.05) is 11.8 Å². The lowest BCUT2D eigenvalue weighted by atomic mass is 10.2. The second kappa shape index (κ2) is 5.98. The van der Waals surface area contributed by atoms with E-state index in [0.29, 0.717) is 0 Å². The van der Waals surface area contributed by atoms with Gasteiger partial charge in [0.05, 0.1) is 7.11 Å². The zero-order valence-corrected chi connectivity index (χ0v) is 9.08. The number of amides is 1. The van der Waals surface area contributed by atoms with Crippen LogP contribution >= 0.6 is 0 Å². The molecule has 1 N–H and O–H groups in total. The maximum Gasteiger partial charge on any atom is 0.241 e. The van der Waals surface area contributed by atoms with Crippen LogP contribution < -0.4 is 5.48 Å². The Bertz CT molecular complexity index is 177. The van der Waals surface area contributed by atoms with Crippen molar-refractivity contribution in [2.45, 2.75) is 38.6 Å². The van der Waals surface area contributed by atoms with Crippen LogP contribution in [-0.4, -0.2) is 37.0 Å². The monoisotopic (exact) mass is 200 g/mol. The van der Waals surface area contributed by atoms with Crippen molar-refractivity contribution in [1.82, 2.24) is 10.4 Å². The smallest absolute Gasteiger partial charge is 0.241 e. The third kappa shape index (κ3) is 3.27. The Balaban J connectivity index is 2.40. The van der Waals surface area contributed by atoms with E-state index in [2.05, 4.69) is 5.48 Å². The number of likely N-dealkylation sites (tertiary alicyclic amines) is 1. The van der Waals surface area contributed by atoms with Crippen molar-refractivity contribution in [2.24, 2.45) is 0 Å². The van der Waals surface area contributed by atoms with Gasteiger partial charge in [-0.15, -0.1) is 0 Å². The molecule has 0 saturated carbocycles. The fourth-order valence-corrected chi connectivity index (χ4v) is 1.79. The summed E-state index contributed by atoms with van der Waals surface area (Å²) in [5.41, 5.74) is 2.67. The summed E-state index contributed by atoms with van der Waals surface area (Å²) in [4.78, 5) is 18.5.